The number of amides is 1. The first-order chi connectivity index (χ1) is 16.4. The maximum atomic E-state index is 13.1. The number of morpholine rings is 1. The number of methoxy groups -OCH3 is 1. The molecule has 0 aliphatic carbocycles. The molecule has 0 spiro atoms. The first-order valence-corrected chi connectivity index (χ1v) is 12.4. The van der Waals surface area contributed by atoms with Gasteiger partial charge in [0.1, 0.15) is 21.8 Å². The largest absolute Gasteiger partial charge is 0.495 e. The normalized spacial score (nSPS) is 15.0. The third-order valence-corrected chi connectivity index (χ3v) is 8.11. The summed E-state index contributed by atoms with van der Waals surface area (Å²) in [7, 11) is -2.37. The Labute approximate surface area is 201 Å². The van der Waals surface area contributed by atoms with Crippen molar-refractivity contribution in [3.63, 3.8) is 0 Å². The van der Waals surface area contributed by atoms with Gasteiger partial charge in [-0.25, -0.2) is 8.42 Å². The van der Waals surface area contributed by atoms with Crippen molar-refractivity contribution in [1.29, 1.82) is 0 Å². The number of ether oxygens (including phenoxy) is 2. The first-order valence-electron chi connectivity index (χ1n) is 10.6. The minimum atomic E-state index is -3.88. The number of nitrogens with one attached hydrogen (secondary N) is 1. The van der Waals surface area contributed by atoms with Gasteiger partial charge < -0.3 is 19.2 Å². The van der Waals surface area contributed by atoms with E-state index in [0.717, 1.165) is 16.4 Å². The number of halogens is 1. The molecule has 1 N–H and O–H groups in total. The molecule has 1 saturated heterocycles. The Morgan fingerprint density at radius 1 is 1.03 bits per heavy atom. The Morgan fingerprint density at radius 2 is 1.79 bits per heavy atom. The lowest BCUT2D eigenvalue weighted by atomic mass is 10.1. The molecule has 34 heavy (non-hydrogen) atoms. The second-order valence-electron chi connectivity index (χ2n) is 7.76. The monoisotopic (exact) mass is 500 g/mol. The summed E-state index contributed by atoms with van der Waals surface area (Å²) >= 11 is 6.22. The van der Waals surface area contributed by atoms with E-state index in [4.69, 9.17) is 25.5 Å². The molecule has 1 aromatic heterocycles. The van der Waals surface area contributed by atoms with E-state index in [0.29, 0.717) is 30.2 Å². The molecule has 0 atom stereocenters. The summed E-state index contributed by atoms with van der Waals surface area (Å²) in [4.78, 5) is 13.0. The van der Waals surface area contributed by atoms with Crippen LogP contribution in [0.3, 0.4) is 0 Å². The summed E-state index contributed by atoms with van der Waals surface area (Å²) in [6.07, 6.45) is 0. The predicted octanol–water partition coefficient (Wildman–Crippen LogP) is 4.52. The van der Waals surface area contributed by atoms with Crippen molar-refractivity contribution in [2.45, 2.75) is 4.90 Å². The zero-order chi connectivity index (χ0) is 23.9. The molecule has 10 heteroatoms. The van der Waals surface area contributed by atoms with Gasteiger partial charge in [0.05, 0.1) is 31.0 Å². The molecule has 176 valence electrons. The maximum Gasteiger partial charge on any atom is 0.255 e. The van der Waals surface area contributed by atoms with E-state index in [-0.39, 0.29) is 28.6 Å². The summed E-state index contributed by atoms with van der Waals surface area (Å²) in [6.45, 7) is 1.07. The molecule has 0 unspecified atom stereocenters. The fourth-order valence-corrected chi connectivity index (χ4v) is 5.89. The molecule has 0 bridgehead atoms. The van der Waals surface area contributed by atoms with E-state index in [1.54, 1.807) is 12.1 Å². The molecule has 5 rings (SSSR count). The van der Waals surface area contributed by atoms with E-state index in [9.17, 15) is 13.2 Å². The van der Waals surface area contributed by atoms with Crippen molar-refractivity contribution in [3.8, 4) is 5.75 Å². The number of rotatable bonds is 5. The van der Waals surface area contributed by atoms with Gasteiger partial charge >= 0.3 is 0 Å². The minimum absolute atomic E-state index is 0.0457. The van der Waals surface area contributed by atoms with Crippen LogP contribution in [-0.4, -0.2) is 52.0 Å². The topological polar surface area (TPSA) is 98.1 Å². The molecular formula is C24H21ClN2O6S. The van der Waals surface area contributed by atoms with Gasteiger partial charge in [-0.1, -0.05) is 29.8 Å². The van der Waals surface area contributed by atoms with E-state index < -0.39 is 15.9 Å². The highest BCUT2D eigenvalue weighted by Gasteiger charge is 2.29. The minimum Gasteiger partial charge on any atom is -0.495 e. The molecule has 2 heterocycles. The van der Waals surface area contributed by atoms with E-state index in [2.05, 4.69) is 5.32 Å². The molecule has 8 nitrogen and oxygen atoms in total. The third kappa shape index (κ3) is 4.01. The van der Waals surface area contributed by atoms with Gasteiger partial charge in [-0.3, -0.25) is 4.79 Å². The zero-order valence-corrected chi connectivity index (χ0v) is 19.8. The lowest BCUT2D eigenvalue weighted by Crippen LogP contribution is -2.40. The summed E-state index contributed by atoms with van der Waals surface area (Å²) in [5, 5.41) is 4.63. The third-order valence-electron chi connectivity index (χ3n) is 5.73. The number of carbonyl (C=O) groups excluding carboxylic acids is 1. The molecule has 4 aromatic rings. The van der Waals surface area contributed by atoms with Crippen molar-refractivity contribution < 1.29 is 27.1 Å². The predicted molar refractivity (Wildman–Crippen MR) is 129 cm³/mol. The van der Waals surface area contributed by atoms with Gasteiger partial charge in [-0.2, -0.15) is 4.31 Å². The number of nitrogens with zero attached hydrogens (tertiary/aromatic N) is 1. The fourth-order valence-electron chi connectivity index (χ4n) is 3.98. The molecule has 0 radical (unpaired) electrons. The highest BCUT2D eigenvalue weighted by Crippen LogP contribution is 2.36. The Kier molecular flexibility index (Phi) is 5.95. The van der Waals surface area contributed by atoms with Crippen molar-refractivity contribution in [3.05, 3.63) is 65.2 Å². The van der Waals surface area contributed by atoms with Crippen LogP contribution >= 0.6 is 11.6 Å². The average molecular weight is 501 g/mol. The average Bonchev–Trinajstić information content (AvgIpc) is 3.21. The number of hydrogen-bond donors (Lipinski definition) is 1. The zero-order valence-electron chi connectivity index (χ0n) is 18.2. The van der Waals surface area contributed by atoms with Crippen LogP contribution in [0.2, 0.25) is 5.02 Å². The van der Waals surface area contributed by atoms with Gasteiger partial charge in [-0.15, -0.1) is 0 Å². The number of sulfonamides is 1. The Bertz CT molecular complexity index is 1510. The summed E-state index contributed by atoms with van der Waals surface area (Å²) in [6, 6.07) is 15.3. The van der Waals surface area contributed by atoms with Crippen LogP contribution in [0.25, 0.3) is 21.9 Å². The summed E-state index contributed by atoms with van der Waals surface area (Å²) in [5.74, 6) is -0.0635. The van der Waals surface area contributed by atoms with E-state index in [1.165, 1.54) is 29.6 Å². The van der Waals surface area contributed by atoms with Crippen molar-refractivity contribution in [2.24, 2.45) is 0 Å². The number of anilines is 1. The van der Waals surface area contributed by atoms with Gasteiger partial charge in [-0.05, 0) is 30.3 Å². The summed E-state index contributed by atoms with van der Waals surface area (Å²) in [5.41, 5.74) is 1.84. The molecule has 1 aliphatic rings. The maximum absolute atomic E-state index is 13.1. The Morgan fingerprint density at radius 3 is 2.56 bits per heavy atom. The van der Waals surface area contributed by atoms with Crippen LogP contribution in [0.1, 0.15) is 10.4 Å². The number of benzene rings is 3. The lowest BCUT2D eigenvalue weighted by molar-refractivity contribution is 0.0730. The Hall–Kier alpha value is -3.11. The summed E-state index contributed by atoms with van der Waals surface area (Å²) < 4.78 is 44.1. The lowest BCUT2D eigenvalue weighted by Gasteiger charge is -2.26. The van der Waals surface area contributed by atoms with Crippen LogP contribution in [-0.2, 0) is 14.8 Å². The standard InChI is InChI=1S/C24H21ClN2O6S/c1-31-22-13-17-16-4-2-3-5-20(16)33-21(17)14-19(22)26-24(28)15-6-7-18(25)23(12-15)34(29,30)27-8-10-32-11-9-27/h2-7,12-14H,8-11H2,1H3,(H,26,28). The smallest absolute Gasteiger partial charge is 0.255 e. The van der Waals surface area contributed by atoms with Crippen LogP contribution in [0, 0.1) is 0 Å². The second kappa shape index (κ2) is 8.92. The molecule has 0 saturated carbocycles. The first kappa shape index (κ1) is 22.7. The van der Waals surface area contributed by atoms with E-state index >= 15 is 0 Å². The van der Waals surface area contributed by atoms with Crippen molar-refractivity contribution in [2.75, 3.05) is 38.7 Å². The van der Waals surface area contributed by atoms with Gasteiger partial charge in [0, 0.05) is 35.5 Å². The fraction of sp³-hybridized carbons (Fsp3) is 0.208. The SMILES string of the molecule is COc1cc2c(cc1NC(=O)c1ccc(Cl)c(S(=O)(=O)N3CCOCC3)c1)oc1ccccc12. The van der Waals surface area contributed by atoms with Gasteiger partial charge in [0.15, 0.2) is 0 Å². The van der Waals surface area contributed by atoms with Crippen LogP contribution in [0.4, 0.5) is 5.69 Å². The Balaban J connectivity index is 1.48. The van der Waals surface area contributed by atoms with Crippen molar-refractivity contribution in [1.82, 2.24) is 4.31 Å². The number of furan rings is 1. The molecule has 3 aromatic carbocycles. The number of para-hydroxylation sites is 1. The van der Waals surface area contributed by atoms with Crippen LogP contribution in [0.5, 0.6) is 5.75 Å². The number of carbonyl (C=O) groups is 1. The molecule has 1 amide bonds. The van der Waals surface area contributed by atoms with Crippen molar-refractivity contribution >= 4 is 55.2 Å². The van der Waals surface area contributed by atoms with Gasteiger partial charge in [0.25, 0.3) is 5.91 Å². The second-order valence-corrected chi connectivity index (χ2v) is 10.1. The number of fused-ring (bicyclic) bond motifs is 3. The molecular weight excluding hydrogens is 480 g/mol. The van der Waals surface area contributed by atoms with Crippen LogP contribution in [0.15, 0.2) is 63.9 Å². The van der Waals surface area contributed by atoms with Crippen LogP contribution < -0.4 is 10.1 Å². The highest BCUT2D eigenvalue weighted by molar-refractivity contribution is 7.89. The molecule has 1 fully saturated rings. The van der Waals surface area contributed by atoms with Gasteiger partial charge in [0.2, 0.25) is 10.0 Å². The highest BCUT2D eigenvalue weighted by atomic mass is 35.5. The van der Waals surface area contributed by atoms with E-state index in [1.807, 2.05) is 24.3 Å². The number of hydrogen-bond acceptors (Lipinski definition) is 6. The quantitative estimate of drug-likeness (QED) is 0.432. The molecule has 1 aliphatic heterocycles.